The predicted octanol–water partition coefficient (Wildman–Crippen LogP) is 5.60. The standard InChI is InChI=1S/C32H27FN6O3S/c33-25-10-19(13-34)4-5-21(25)17-42-31-3-1-2-26(37-31)23-8-9-38(28-12-24(23)28)16-30-36-27-7-6-20(32(40)41)11-29(27)39(30)15-22-14-35-18-43-22/h1-7,10-11,14,18,23-24,28H,8-9,12,15-17H2,(H,40,41). The van der Waals surface area contributed by atoms with E-state index in [-0.39, 0.29) is 17.7 Å². The first kappa shape index (κ1) is 27.2. The molecule has 11 heteroatoms. The number of ether oxygens (including phenoxy) is 1. The Labute approximate surface area is 250 Å². The zero-order chi connectivity index (χ0) is 29.5. The first-order valence-electron chi connectivity index (χ1n) is 14.1. The highest BCUT2D eigenvalue weighted by Crippen LogP contribution is 2.51. The van der Waals surface area contributed by atoms with E-state index in [9.17, 15) is 14.3 Å². The molecule has 3 unspecified atom stereocenters. The maximum atomic E-state index is 14.3. The summed E-state index contributed by atoms with van der Waals surface area (Å²) >= 11 is 1.57. The van der Waals surface area contributed by atoms with E-state index in [2.05, 4.69) is 14.5 Å². The fraction of sp³-hybridized carbons (Fsp3) is 0.281. The maximum Gasteiger partial charge on any atom is 0.335 e. The highest BCUT2D eigenvalue weighted by atomic mass is 32.1. The number of imidazole rings is 1. The number of carbonyl (C=O) groups is 1. The summed E-state index contributed by atoms with van der Waals surface area (Å²) in [6.45, 7) is 2.19. The second kappa shape index (κ2) is 11.2. The number of hydrogen-bond acceptors (Lipinski definition) is 8. The number of benzene rings is 2. The van der Waals surface area contributed by atoms with Crippen molar-refractivity contribution in [2.24, 2.45) is 5.92 Å². The van der Waals surface area contributed by atoms with Gasteiger partial charge in [0.15, 0.2) is 0 Å². The Morgan fingerprint density at radius 2 is 2.07 bits per heavy atom. The number of aromatic carboxylic acids is 1. The number of halogens is 1. The molecule has 7 rings (SSSR count). The third-order valence-electron chi connectivity index (χ3n) is 8.42. The summed E-state index contributed by atoms with van der Waals surface area (Å²) in [7, 11) is 0. The first-order valence-corrected chi connectivity index (χ1v) is 15.0. The lowest BCUT2D eigenvalue weighted by atomic mass is 9.92. The molecule has 2 fully saturated rings. The third kappa shape index (κ3) is 5.47. The summed E-state index contributed by atoms with van der Waals surface area (Å²) < 4.78 is 22.3. The van der Waals surface area contributed by atoms with Gasteiger partial charge in [-0.2, -0.15) is 5.26 Å². The molecule has 1 saturated carbocycles. The number of nitrogens with zero attached hydrogens (tertiary/aromatic N) is 6. The van der Waals surface area contributed by atoms with Gasteiger partial charge in [0.25, 0.3) is 0 Å². The quantitative estimate of drug-likeness (QED) is 0.234. The normalized spacial score (nSPS) is 19.6. The molecule has 43 heavy (non-hydrogen) atoms. The summed E-state index contributed by atoms with van der Waals surface area (Å²) in [5.41, 5.74) is 5.28. The van der Waals surface area contributed by atoms with Crippen LogP contribution in [0.25, 0.3) is 11.0 Å². The fourth-order valence-electron chi connectivity index (χ4n) is 6.16. The molecule has 216 valence electrons. The smallest absolute Gasteiger partial charge is 0.335 e. The Bertz CT molecular complexity index is 1870. The molecule has 0 bridgehead atoms. The van der Waals surface area contributed by atoms with E-state index in [1.165, 1.54) is 6.07 Å². The van der Waals surface area contributed by atoms with Crippen LogP contribution in [-0.2, 0) is 19.7 Å². The Hall–Kier alpha value is -4.66. The van der Waals surface area contributed by atoms with Crippen LogP contribution in [0.2, 0.25) is 0 Å². The van der Waals surface area contributed by atoms with Crippen LogP contribution >= 0.6 is 11.3 Å². The van der Waals surface area contributed by atoms with Gasteiger partial charge in [0.05, 0.1) is 46.8 Å². The summed E-state index contributed by atoms with van der Waals surface area (Å²) in [5.74, 6) is 0.737. The van der Waals surface area contributed by atoms with Crippen LogP contribution in [0.15, 0.2) is 66.3 Å². The molecule has 3 aromatic heterocycles. The molecule has 4 heterocycles. The van der Waals surface area contributed by atoms with E-state index >= 15 is 0 Å². The first-order chi connectivity index (χ1) is 21.0. The molecule has 0 amide bonds. The number of fused-ring (bicyclic) bond motifs is 2. The lowest BCUT2D eigenvalue weighted by molar-refractivity contribution is 0.0697. The molecule has 0 spiro atoms. The molecule has 1 N–H and O–H groups in total. The predicted molar refractivity (Wildman–Crippen MR) is 157 cm³/mol. The Morgan fingerprint density at radius 1 is 1.16 bits per heavy atom. The summed E-state index contributed by atoms with van der Waals surface area (Å²) in [5, 5.41) is 18.5. The number of nitriles is 1. The second-order valence-electron chi connectivity index (χ2n) is 11.0. The van der Waals surface area contributed by atoms with Crippen LogP contribution in [0.1, 0.15) is 56.6 Å². The van der Waals surface area contributed by atoms with E-state index in [1.807, 2.05) is 24.4 Å². The fourth-order valence-corrected chi connectivity index (χ4v) is 6.75. The average molecular weight is 595 g/mol. The van der Waals surface area contributed by atoms with E-state index in [0.717, 1.165) is 46.8 Å². The summed E-state index contributed by atoms with van der Waals surface area (Å²) in [4.78, 5) is 29.2. The van der Waals surface area contributed by atoms with Crippen molar-refractivity contribution in [1.82, 2.24) is 24.4 Å². The zero-order valence-corrected chi connectivity index (χ0v) is 23.9. The molecule has 2 aliphatic rings. The number of rotatable bonds is 9. The van der Waals surface area contributed by atoms with Gasteiger partial charge in [-0.1, -0.05) is 12.1 Å². The Morgan fingerprint density at radius 3 is 2.86 bits per heavy atom. The Balaban J connectivity index is 1.06. The van der Waals surface area contributed by atoms with Crippen molar-refractivity contribution in [2.75, 3.05) is 6.54 Å². The minimum Gasteiger partial charge on any atom is -0.478 e. The van der Waals surface area contributed by atoms with Crippen molar-refractivity contribution in [1.29, 1.82) is 5.26 Å². The molecule has 1 aliphatic carbocycles. The van der Waals surface area contributed by atoms with Gasteiger partial charge in [0.1, 0.15) is 18.2 Å². The highest BCUT2D eigenvalue weighted by molar-refractivity contribution is 7.09. The zero-order valence-electron chi connectivity index (χ0n) is 23.1. The number of thiazole rings is 1. The second-order valence-corrected chi connectivity index (χ2v) is 12.0. The average Bonchev–Trinajstić information content (AvgIpc) is 3.53. The lowest BCUT2D eigenvalue weighted by Crippen LogP contribution is -2.35. The summed E-state index contributed by atoms with van der Waals surface area (Å²) in [6, 6.07) is 17.6. The lowest BCUT2D eigenvalue weighted by Gasteiger charge is -2.31. The number of pyridine rings is 1. The number of likely N-dealkylation sites (tertiary alicyclic amines) is 1. The number of aromatic nitrogens is 4. The van der Waals surface area contributed by atoms with Gasteiger partial charge < -0.3 is 14.4 Å². The van der Waals surface area contributed by atoms with Gasteiger partial charge >= 0.3 is 5.97 Å². The number of carboxylic acid groups (broad SMARTS) is 1. The van der Waals surface area contributed by atoms with Crippen molar-refractivity contribution < 1.29 is 19.0 Å². The molecular weight excluding hydrogens is 567 g/mol. The van der Waals surface area contributed by atoms with Gasteiger partial charge in [-0.05, 0) is 61.7 Å². The topological polar surface area (TPSA) is 117 Å². The molecule has 9 nitrogen and oxygen atoms in total. The maximum absolute atomic E-state index is 14.3. The van der Waals surface area contributed by atoms with Crippen LogP contribution in [0.3, 0.4) is 0 Å². The van der Waals surface area contributed by atoms with Gasteiger partial charge in [0, 0.05) is 40.4 Å². The molecule has 0 radical (unpaired) electrons. The summed E-state index contributed by atoms with van der Waals surface area (Å²) in [6.07, 6.45) is 3.86. The molecular formula is C32H27FN6O3S. The van der Waals surface area contributed by atoms with Crippen LogP contribution in [-0.4, -0.2) is 48.1 Å². The van der Waals surface area contributed by atoms with Crippen LogP contribution in [0.5, 0.6) is 5.88 Å². The minimum absolute atomic E-state index is 0.0367. The van der Waals surface area contributed by atoms with Crippen molar-refractivity contribution in [3.05, 3.63) is 105 Å². The van der Waals surface area contributed by atoms with E-state index in [1.54, 1.807) is 53.2 Å². The van der Waals surface area contributed by atoms with E-state index in [4.69, 9.17) is 20.0 Å². The Kier molecular flexibility index (Phi) is 7.08. The molecule has 2 aromatic carbocycles. The van der Waals surface area contributed by atoms with Crippen molar-refractivity contribution in [3.63, 3.8) is 0 Å². The molecule has 1 saturated heterocycles. The van der Waals surface area contributed by atoms with Gasteiger partial charge in [0.2, 0.25) is 5.88 Å². The van der Waals surface area contributed by atoms with Crippen molar-refractivity contribution >= 4 is 28.3 Å². The van der Waals surface area contributed by atoms with E-state index in [0.29, 0.717) is 42.4 Å². The third-order valence-corrected chi connectivity index (χ3v) is 9.18. The minimum atomic E-state index is -0.957. The number of piperidine rings is 1. The van der Waals surface area contributed by atoms with Crippen molar-refractivity contribution in [3.8, 4) is 11.9 Å². The molecule has 5 aromatic rings. The number of carboxylic acids is 1. The van der Waals surface area contributed by atoms with Crippen LogP contribution in [0, 0.1) is 23.1 Å². The SMILES string of the molecule is N#Cc1ccc(COc2cccc(C3CCN(Cc4nc5ccc(C(=O)O)cc5n4Cc4cncs4)C4CC34)n2)c(F)c1. The van der Waals surface area contributed by atoms with E-state index < -0.39 is 11.8 Å². The van der Waals surface area contributed by atoms with Crippen LogP contribution in [0.4, 0.5) is 4.39 Å². The molecule has 3 atom stereocenters. The van der Waals surface area contributed by atoms with Crippen LogP contribution < -0.4 is 4.74 Å². The molecule has 1 aliphatic heterocycles. The van der Waals surface area contributed by atoms with Crippen molar-refractivity contribution in [2.45, 2.75) is 44.5 Å². The largest absolute Gasteiger partial charge is 0.478 e. The number of hydrogen-bond donors (Lipinski definition) is 1. The highest BCUT2D eigenvalue weighted by Gasteiger charge is 2.50. The monoisotopic (exact) mass is 594 g/mol. The van der Waals surface area contributed by atoms with Gasteiger partial charge in [-0.15, -0.1) is 11.3 Å². The van der Waals surface area contributed by atoms with Gasteiger partial charge in [-0.25, -0.2) is 19.2 Å². The van der Waals surface area contributed by atoms with Gasteiger partial charge in [-0.3, -0.25) is 9.88 Å².